The number of anilines is 1. The first-order valence-electron chi connectivity index (χ1n) is 12.1. The second-order valence-electron chi connectivity index (χ2n) is 8.98. The molecular formula is C27H22ClN5O6S. The minimum atomic E-state index is -1.14. The molecule has 1 amide bonds. The van der Waals surface area contributed by atoms with Gasteiger partial charge in [0.05, 0.1) is 48.7 Å². The van der Waals surface area contributed by atoms with E-state index in [9.17, 15) is 9.90 Å². The normalized spacial score (nSPS) is 14.3. The fourth-order valence-electron chi connectivity index (χ4n) is 4.50. The highest BCUT2D eigenvalue weighted by Crippen LogP contribution is 2.47. The summed E-state index contributed by atoms with van der Waals surface area (Å²) in [5, 5.41) is 11.0. The number of aryl methyl sites for hydroxylation is 1. The number of thiazole rings is 1. The Morgan fingerprint density at radius 3 is 2.75 bits per heavy atom. The maximum absolute atomic E-state index is 12.1. The molecule has 0 radical (unpaired) electrons. The summed E-state index contributed by atoms with van der Waals surface area (Å²) in [7, 11) is 3.01. The van der Waals surface area contributed by atoms with Crippen molar-refractivity contribution in [3.05, 3.63) is 53.3 Å². The van der Waals surface area contributed by atoms with Gasteiger partial charge in [0.15, 0.2) is 17.6 Å². The molecule has 6 rings (SSSR count). The zero-order valence-corrected chi connectivity index (χ0v) is 23.1. The van der Waals surface area contributed by atoms with E-state index in [-0.39, 0.29) is 13.2 Å². The maximum Gasteiger partial charge on any atom is 0.411 e. The summed E-state index contributed by atoms with van der Waals surface area (Å²) in [5.74, 6) is 1.66. The van der Waals surface area contributed by atoms with Crippen molar-refractivity contribution in [2.75, 3.05) is 32.3 Å². The standard InChI is InChI=1S/C27H22ClN5O6S/c1-13-6-16(22-18(7-13)31-21(37-3)10-30-22)26-32-23-17(28)9-19-24(25(23)40-26)38-12-15(39-19)11-33(27(34)35)14-4-5-29-20(8-14)36-2/h4-10,15H,11-12H2,1-3H3,(H,34,35)/t15-/m1/s1. The van der Waals surface area contributed by atoms with Crippen molar-refractivity contribution in [2.24, 2.45) is 0 Å². The van der Waals surface area contributed by atoms with Crippen molar-refractivity contribution in [3.63, 3.8) is 0 Å². The molecule has 2 aromatic carbocycles. The van der Waals surface area contributed by atoms with Crippen LogP contribution < -0.4 is 23.8 Å². The number of rotatable bonds is 6. The first-order valence-corrected chi connectivity index (χ1v) is 13.3. The van der Waals surface area contributed by atoms with E-state index in [1.54, 1.807) is 31.5 Å². The van der Waals surface area contributed by atoms with E-state index in [0.717, 1.165) is 20.7 Å². The van der Waals surface area contributed by atoms with Gasteiger partial charge in [-0.25, -0.2) is 24.7 Å². The lowest BCUT2D eigenvalue weighted by Crippen LogP contribution is -2.43. The number of fused-ring (bicyclic) bond motifs is 4. The monoisotopic (exact) mass is 579 g/mol. The van der Waals surface area contributed by atoms with E-state index >= 15 is 0 Å². The third-order valence-corrected chi connectivity index (χ3v) is 7.69. The van der Waals surface area contributed by atoms with Crippen LogP contribution >= 0.6 is 22.9 Å². The predicted octanol–water partition coefficient (Wildman–Crippen LogP) is 5.60. The Kier molecular flexibility index (Phi) is 6.64. The molecule has 13 heteroatoms. The van der Waals surface area contributed by atoms with Crippen molar-refractivity contribution in [3.8, 4) is 33.8 Å². The first kappa shape index (κ1) is 25.8. The Morgan fingerprint density at radius 2 is 1.98 bits per heavy atom. The third kappa shape index (κ3) is 4.65. The van der Waals surface area contributed by atoms with Crippen molar-refractivity contribution in [1.29, 1.82) is 0 Å². The zero-order valence-electron chi connectivity index (χ0n) is 21.5. The van der Waals surface area contributed by atoms with Gasteiger partial charge in [0, 0.05) is 23.9 Å². The molecule has 40 heavy (non-hydrogen) atoms. The lowest BCUT2D eigenvalue weighted by atomic mass is 10.1. The molecule has 0 saturated carbocycles. The molecule has 1 aliphatic heterocycles. The van der Waals surface area contributed by atoms with E-state index in [2.05, 4.69) is 15.0 Å². The first-order chi connectivity index (χ1) is 19.3. The van der Waals surface area contributed by atoms with Crippen LogP contribution in [0, 0.1) is 6.92 Å². The Morgan fingerprint density at radius 1 is 1.15 bits per heavy atom. The second-order valence-corrected chi connectivity index (χ2v) is 10.4. The van der Waals surface area contributed by atoms with E-state index in [4.69, 9.17) is 35.5 Å². The molecular weight excluding hydrogens is 558 g/mol. The molecule has 204 valence electrons. The van der Waals surface area contributed by atoms with E-state index < -0.39 is 12.2 Å². The van der Waals surface area contributed by atoms with Crippen molar-refractivity contribution in [2.45, 2.75) is 13.0 Å². The number of aromatic nitrogens is 4. The van der Waals surface area contributed by atoms with Crippen LogP contribution in [0.2, 0.25) is 5.02 Å². The van der Waals surface area contributed by atoms with Gasteiger partial charge >= 0.3 is 6.09 Å². The molecule has 0 fully saturated rings. The fraction of sp³-hybridized carbons (Fsp3) is 0.222. The number of hydrogen-bond acceptors (Lipinski definition) is 10. The number of amides is 1. The molecule has 1 N–H and O–H groups in total. The number of nitrogens with zero attached hydrogens (tertiary/aromatic N) is 5. The lowest BCUT2D eigenvalue weighted by Gasteiger charge is -2.30. The lowest BCUT2D eigenvalue weighted by molar-refractivity contribution is 0.0962. The van der Waals surface area contributed by atoms with Crippen molar-refractivity contribution in [1.82, 2.24) is 19.9 Å². The van der Waals surface area contributed by atoms with Gasteiger partial charge < -0.3 is 24.1 Å². The number of carboxylic acid groups (broad SMARTS) is 1. The van der Waals surface area contributed by atoms with E-state index in [0.29, 0.717) is 55.5 Å². The van der Waals surface area contributed by atoms with Crippen LogP contribution in [-0.2, 0) is 0 Å². The highest BCUT2D eigenvalue weighted by molar-refractivity contribution is 7.22. The Bertz CT molecular complexity index is 1780. The minimum absolute atomic E-state index is 0.0168. The molecule has 0 spiro atoms. The molecule has 11 nitrogen and oxygen atoms in total. The van der Waals surface area contributed by atoms with Crippen LogP contribution in [0.1, 0.15) is 5.56 Å². The molecule has 0 bridgehead atoms. The molecule has 0 saturated heterocycles. The average Bonchev–Trinajstić information content (AvgIpc) is 3.41. The van der Waals surface area contributed by atoms with E-state index in [1.807, 2.05) is 19.1 Å². The van der Waals surface area contributed by atoms with Crippen LogP contribution in [0.4, 0.5) is 10.5 Å². The van der Waals surface area contributed by atoms with Gasteiger partial charge in [0.1, 0.15) is 21.8 Å². The largest absolute Gasteiger partial charge is 0.484 e. The zero-order chi connectivity index (χ0) is 28.0. The third-order valence-electron chi connectivity index (χ3n) is 6.31. The van der Waals surface area contributed by atoms with Gasteiger partial charge in [-0.15, -0.1) is 11.3 Å². The molecule has 3 aromatic heterocycles. The minimum Gasteiger partial charge on any atom is -0.484 e. The Balaban J connectivity index is 1.34. The Labute approximate surface area is 236 Å². The molecule has 5 aromatic rings. The molecule has 4 heterocycles. The fourth-order valence-corrected chi connectivity index (χ4v) is 5.89. The summed E-state index contributed by atoms with van der Waals surface area (Å²) in [6.07, 6.45) is 1.32. The van der Waals surface area contributed by atoms with Gasteiger partial charge in [-0.3, -0.25) is 4.90 Å². The number of carbonyl (C=O) groups is 1. The average molecular weight is 580 g/mol. The van der Waals surface area contributed by atoms with Crippen LogP contribution in [-0.4, -0.2) is 64.6 Å². The van der Waals surface area contributed by atoms with Crippen LogP contribution in [0.5, 0.6) is 23.3 Å². The van der Waals surface area contributed by atoms with E-state index in [1.165, 1.54) is 24.6 Å². The second kappa shape index (κ2) is 10.3. The van der Waals surface area contributed by atoms with Gasteiger partial charge in [-0.1, -0.05) is 11.6 Å². The van der Waals surface area contributed by atoms with Crippen molar-refractivity contribution < 1.29 is 28.8 Å². The number of ether oxygens (including phenoxy) is 4. The Hall–Kier alpha value is -4.42. The number of methoxy groups -OCH3 is 2. The topological polar surface area (TPSA) is 129 Å². The summed E-state index contributed by atoms with van der Waals surface area (Å²) >= 11 is 8.06. The number of pyridine rings is 1. The summed E-state index contributed by atoms with van der Waals surface area (Å²) in [6.45, 7) is 2.12. The summed E-state index contributed by atoms with van der Waals surface area (Å²) in [5.41, 5.74) is 4.17. The molecule has 0 aliphatic carbocycles. The van der Waals surface area contributed by atoms with Gasteiger partial charge in [-0.2, -0.15) is 0 Å². The summed E-state index contributed by atoms with van der Waals surface area (Å²) < 4.78 is 23.4. The van der Waals surface area contributed by atoms with Crippen LogP contribution in [0.15, 0.2) is 42.7 Å². The quantitative estimate of drug-likeness (QED) is 0.271. The van der Waals surface area contributed by atoms with Crippen molar-refractivity contribution >= 4 is 56.0 Å². The number of hydrogen-bond donors (Lipinski definition) is 1. The predicted molar refractivity (Wildman–Crippen MR) is 151 cm³/mol. The summed E-state index contributed by atoms with van der Waals surface area (Å²) in [6, 6.07) is 8.72. The highest BCUT2D eigenvalue weighted by Gasteiger charge is 2.30. The number of halogens is 1. The molecule has 0 unspecified atom stereocenters. The summed E-state index contributed by atoms with van der Waals surface area (Å²) in [4.78, 5) is 31.2. The number of benzene rings is 2. The van der Waals surface area contributed by atoms with Crippen LogP contribution in [0.25, 0.3) is 31.8 Å². The SMILES string of the molecule is COc1cc(N(C[C@@H]2COc3c(cc(Cl)c4nc(-c5cc(C)cc6nc(OC)cnc56)sc34)O2)C(=O)O)ccn1. The van der Waals surface area contributed by atoms with Crippen LogP contribution in [0.3, 0.4) is 0 Å². The maximum atomic E-state index is 12.1. The van der Waals surface area contributed by atoms with Gasteiger partial charge in [0.2, 0.25) is 11.8 Å². The molecule has 1 aliphatic rings. The molecule has 1 atom stereocenters. The van der Waals surface area contributed by atoms with Gasteiger partial charge in [-0.05, 0) is 30.7 Å². The smallest absolute Gasteiger partial charge is 0.411 e. The van der Waals surface area contributed by atoms with Gasteiger partial charge in [0.25, 0.3) is 0 Å². The highest BCUT2D eigenvalue weighted by atomic mass is 35.5.